The van der Waals surface area contributed by atoms with E-state index in [-0.39, 0.29) is 5.78 Å². The van der Waals surface area contributed by atoms with E-state index < -0.39 is 6.10 Å². The highest BCUT2D eigenvalue weighted by Crippen LogP contribution is 2.02. The van der Waals surface area contributed by atoms with Crippen LogP contribution in [0.4, 0.5) is 0 Å². The van der Waals surface area contributed by atoms with Crippen LogP contribution in [0.25, 0.3) is 0 Å². The highest BCUT2D eigenvalue weighted by Gasteiger charge is 2.09. The Balaban J connectivity index is 2.86. The monoisotopic (exact) mass is 150 g/mol. The van der Waals surface area contributed by atoms with Crippen molar-refractivity contribution in [1.82, 2.24) is 0 Å². The highest BCUT2D eigenvalue weighted by molar-refractivity contribution is 5.98. The zero-order valence-electron chi connectivity index (χ0n) is 6.32. The molecule has 11 heavy (non-hydrogen) atoms. The average molecular weight is 150 g/mol. The first-order valence-electron chi connectivity index (χ1n) is 3.49. The fourth-order valence-electron chi connectivity index (χ4n) is 0.844. The van der Waals surface area contributed by atoms with Gasteiger partial charge in [-0.2, -0.15) is 0 Å². The fourth-order valence-corrected chi connectivity index (χ4v) is 0.844. The van der Waals surface area contributed by atoms with E-state index in [1.165, 1.54) is 6.92 Å². The van der Waals surface area contributed by atoms with Gasteiger partial charge >= 0.3 is 0 Å². The molecule has 0 aliphatic rings. The number of Topliss-reactive ketones (excluding diaryl/α,β-unsaturated/α-hetero) is 1. The van der Waals surface area contributed by atoms with E-state index in [1.54, 1.807) is 24.3 Å². The second-order valence-electron chi connectivity index (χ2n) is 2.41. The minimum atomic E-state index is -0.905. The molecule has 0 fully saturated rings. The van der Waals surface area contributed by atoms with E-state index in [1.807, 2.05) is 6.07 Å². The number of carbonyl (C=O) groups excluding carboxylic acids is 1. The Kier molecular flexibility index (Phi) is 2.39. The smallest absolute Gasteiger partial charge is 0.190 e. The van der Waals surface area contributed by atoms with Crippen LogP contribution < -0.4 is 0 Å². The molecule has 0 aliphatic carbocycles. The maximum Gasteiger partial charge on any atom is 0.190 e. The number of rotatable bonds is 2. The molecule has 0 saturated carbocycles. The molecular weight excluding hydrogens is 140 g/mol. The first-order valence-corrected chi connectivity index (χ1v) is 3.49. The summed E-state index contributed by atoms with van der Waals surface area (Å²) in [5.74, 6) is -0.231. The number of hydrogen-bond acceptors (Lipinski definition) is 2. The van der Waals surface area contributed by atoms with Gasteiger partial charge < -0.3 is 5.11 Å². The quantitative estimate of drug-likeness (QED) is 0.644. The molecule has 2 heteroatoms. The van der Waals surface area contributed by atoms with E-state index in [9.17, 15) is 4.79 Å². The summed E-state index contributed by atoms with van der Waals surface area (Å²) in [6.45, 7) is 1.47. The molecular formula is C9H10O2. The molecule has 0 aromatic heterocycles. The van der Waals surface area contributed by atoms with Crippen LogP contribution in [-0.2, 0) is 0 Å². The van der Waals surface area contributed by atoms with Crippen molar-refractivity contribution in [3.63, 3.8) is 0 Å². The molecule has 0 spiro atoms. The molecule has 1 atom stereocenters. The van der Waals surface area contributed by atoms with E-state index >= 15 is 0 Å². The normalized spacial score (nSPS) is 12.5. The molecule has 0 saturated heterocycles. The summed E-state index contributed by atoms with van der Waals surface area (Å²) in [6, 6.07) is 8.76. The Labute approximate surface area is 65.5 Å². The number of aliphatic hydroxyl groups excluding tert-OH is 1. The SMILES string of the molecule is C[C@@H](O)C(=O)c1ccccc1. The third kappa shape index (κ3) is 1.88. The van der Waals surface area contributed by atoms with Crippen molar-refractivity contribution in [2.24, 2.45) is 0 Å². The van der Waals surface area contributed by atoms with Gasteiger partial charge in [0.15, 0.2) is 5.78 Å². The summed E-state index contributed by atoms with van der Waals surface area (Å²) in [4.78, 5) is 11.1. The lowest BCUT2D eigenvalue weighted by molar-refractivity contribution is 0.0779. The van der Waals surface area contributed by atoms with Gasteiger partial charge in [-0.25, -0.2) is 0 Å². The number of hydrogen-bond donors (Lipinski definition) is 1. The first kappa shape index (κ1) is 7.95. The van der Waals surface area contributed by atoms with Crippen molar-refractivity contribution in [2.75, 3.05) is 0 Å². The summed E-state index contributed by atoms with van der Waals surface area (Å²) < 4.78 is 0. The van der Waals surface area contributed by atoms with Crippen LogP contribution in [0.1, 0.15) is 17.3 Å². The van der Waals surface area contributed by atoms with Crippen LogP contribution in [0, 0.1) is 0 Å². The van der Waals surface area contributed by atoms with Crippen LogP contribution in [0.5, 0.6) is 0 Å². The molecule has 1 N–H and O–H groups in total. The molecule has 1 aromatic carbocycles. The standard InChI is InChI=1S/C9H10O2/c1-7(10)9(11)8-5-3-2-4-6-8/h2-7,10H,1H3/t7-/m1/s1. The summed E-state index contributed by atoms with van der Waals surface area (Å²) in [7, 11) is 0. The number of ketones is 1. The zero-order valence-corrected chi connectivity index (χ0v) is 6.32. The van der Waals surface area contributed by atoms with Gasteiger partial charge in [-0.3, -0.25) is 4.79 Å². The lowest BCUT2D eigenvalue weighted by Gasteiger charge is -2.01. The average Bonchev–Trinajstić information content (AvgIpc) is 2.05. The van der Waals surface area contributed by atoms with Crippen LogP contribution in [0.3, 0.4) is 0 Å². The first-order chi connectivity index (χ1) is 5.22. The van der Waals surface area contributed by atoms with Gasteiger partial charge in [-0.15, -0.1) is 0 Å². The Morgan fingerprint density at radius 1 is 1.36 bits per heavy atom. The molecule has 2 nitrogen and oxygen atoms in total. The second-order valence-corrected chi connectivity index (χ2v) is 2.41. The molecule has 58 valence electrons. The number of aliphatic hydroxyl groups is 1. The van der Waals surface area contributed by atoms with Crippen molar-refractivity contribution < 1.29 is 9.90 Å². The van der Waals surface area contributed by atoms with Crippen LogP contribution in [-0.4, -0.2) is 17.0 Å². The van der Waals surface area contributed by atoms with Crippen LogP contribution in [0.2, 0.25) is 0 Å². The molecule has 0 bridgehead atoms. The summed E-state index contributed by atoms with van der Waals surface area (Å²) >= 11 is 0. The van der Waals surface area contributed by atoms with Crippen LogP contribution >= 0.6 is 0 Å². The van der Waals surface area contributed by atoms with Gasteiger partial charge in [-0.05, 0) is 6.92 Å². The van der Waals surface area contributed by atoms with Gasteiger partial charge in [0.1, 0.15) is 6.10 Å². The van der Waals surface area contributed by atoms with Gasteiger partial charge in [-0.1, -0.05) is 30.3 Å². The lowest BCUT2D eigenvalue weighted by Crippen LogP contribution is -2.15. The van der Waals surface area contributed by atoms with Gasteiger partial charge in [0.05, 0.1) is 0 Å². The third-order valence-corrected chi connectivity index (χ3v) is 1.44. The van der Waals surface area contributed by atoms with Crippen molar-refractivity contribution in [3.05, 3.63) is 35.9 Å². The molecule has 1 rings (SSSR count). The lowest BCUT2D eigenvalue weighted by atomic mass is 10.1. The molecule has 0 heterocycles. The van der Waals surface area contributed by atoms with E-state index in [4.69, 9.17) is 5.11 Å². The van der Waals surface area contributed by atoms with Crippen molar-refractivity contribution in [1.29, 1.82) is 0 Å². The largest absolute Gasteiger partial charge is 0.385 e. The minimum absolute atomic E-state index is 0.231. The molecule has 0 amide bonds. The Morgan fingerprint density at radius 3 is 2.36 bits per heavy atom. The Bertz CT molecular complexity index is 239. The maximum absolute atomic E-state index is 11.1. The van der Waals surface area contributed by atoms with Crippen molar-refractivity contribution in [2.45, 2.75) is 13.0 Å². The van der Waals surface area contributed by atoms with E-state index in [0.29, 0.717) is 5.56 Å². The van der Waals surface area contributed by atoms with Gasteiger partial charge in [0, 0.05) is 5.56 Å². The van der Waals surface area contributed by atoms with Crippen LogP contribution in [0.15, 0.2) is 30.3 Å². The van der Waals surface area contributed by atoms with Crippen molar-refractivity contribution >= 4 is 5.78 Å². The predicted octanol–water partition coefficient (Wildman–Crippen LogP) is 1.25. The molecule has 0 aliphatic heterocycles. The van der Waals surface area contributed by atoms with Crippen molar-refractivity contribution in [3.8, 4) is 0 Å². The summed E-state index contributed by atoms with van der Waals surface area (Å²) in [5, 5.41) is 8.92. The summed E-state index contributed by atoms with van der Waals surface area (Å²) in [6.07, 6.45) is -0.905. The van der Waals surface area contributed by atoms with E-state index in [0.717, 1.165) is 0 Å². The number of benzene rings is 1. The Morgan fingerprint density at radius 2 is 1.91 bits per heavy atom. The fraction of sp³-hybridized carbons (Fsp3) is 0.222. The predicted molar refractivity (Wildman–Crippen MR) is 42.5 cm³/mol. The number of carbonyl (C=O) groups is 1. The van der Waals surface area contributed by atoms with E-state index in [2.05, 4.69) is 0 Å². The zero-order chi connectivity index (χ0) is 8.27. The molecule has 0 radical (unpaired) electrons. The highest BCUT2D eigenvalue weighted by atomic mass is 16.3. The minimum Gasteiger partial charge on any atom is -0.385 e. The summed E-state index contributed by atoms with van der Waals surface area (Å²) in [5.41, 5.74) is 0.558. The Hall–Kier alpha value is -1.15. The topological polar surface area (TPSA) is 37.3 Å². The van der Waals surface area contributed by atoms with Gasteiger partial charge in [0.25, 0.3) is 0 Å². The third-order valence-electron chi connectivity index (χ3n) is 1.44. The maximum atomic E-state index is 11.1. The molecule has 1 aromatic rings. The molecule has 0 unspecified atom stereocenters. The van der Waals surface area contributed by atoms with Gasteiger partial charge in [0.2, 0.25) is 0 Å². The second kappa shape index (κ2) is 3.30.